The van der Waals surface area contributed by atoms with Gasteiger partial charge in [0.15, 0.2) is 0 Å². The van der Waals surface area contributed by atoms with E-state index in [4.69, 9.17) is 5.73 Å². The Morgan fingerprint density at radius 2 is 2.40 bits per heavy atom. The van der Waals surface area contributed by atoms with Crippen molar-refractivity contribution in [3.63, 3.8) is 0 Å². The molecule has 0 aliphatic carbocycles. The van der Waals surface area contributed by atoms with Crippen molar-refractivity contribution in [2.75, 3.05) is 18.8 Å². The predicted octanol–water partition coefficient (Wildman–Crippen LogP) is 2.74. The number of carbonyl (C=O) groups is 1. The average Bonchev–Trinajstić information content (AvgIpc) is 2.90. The number of nitrogens with two attached hydrogens (primary N) is 1. The highest BCUT2D eigenvalue weighted by Crippen LogP contribution is 2.33. The molecule has 1 fully saturated rings. The molecule has 0 aromatic carbocycles. The summed E-state index contributed by atoms with van der Waals surface area (Å²) in [5, 5.41) is 0. The van der Waals surface area contributed by atoms with E-state index in [2.05, 4.69) is 13.0 Å². The van der Waals surface area contributed by atoms with Gasteiger partial charge < -0.3 is 10.6 Å². The molecule has 2 aliphatic heterocycles. The molecular weight excluding hydrogens is 288 g/mol. The van der Waals surface area contributed by atoms with Gasteiger partial charge >= 0.3 is 0 Å². The summed E-state index contributed by atoms with van der Waals surface area (Å²) in [6.07, 6.45) is 3.27. The Hall–Kier alpha value is -0.520. The fourth-order valence-corrected chi connectivity index (χ4v) is 5.46. The van der Waals surface area contributed by atoms with Gasteiger partial charge in [-0.05, 0) is 42.6 Å². The Morgan fingerprint density at radius 3 is 3.15 bits per heavy atom. The average molecular weight is 310 g/mol. The molecule has 2 atom stereocenters. The van der Waals surface area contributed by atoms with Crippen LogP contribution in [0.2, 0.25) is 0 Å². The van der Waals surface area contributed by atoms with Crippen LogP contribution in [0.25, 0.3) is 0 Å². The number of carbonyl (C=O) groups excluding carboxylic acids is 1. The number of thioether (sulfide) groups is 1. The quantitative estimate of drug-likeness (QED) is 0.913. The molecule has 0 radical (unpaired) electrons. The van der Waals surface area contributed by atoms with Crippen molar-refractivity contribution in [1.82, 2.24) is 4.90 Å². The summed E-state index contributed by atoms with van der Waals surface area (Å²) in [6.45, 7) is 3.70. The third-order valence-electron chi connectivity index (χ3n) is 4.35. The molecule has 1 saturated heterocycles. The lowest BCUT2D eigenvalue weighted by Crippen LogP contribution is -2.49. The maximum Gasteiger partial charge on any atom is 0.264 e. The summed E-state index contributed by atoms with van der Waals surface area (Å²) in [4.78, 5) is 17.1. The summed E-state index contributed by atoms with van der Waals surface area (Å²) in [6, 6.07) is 2.35. The second-order valence-corrected chi connectivity index (χ2v) is 8.12. The van der Waals surface area contributed by atoms with Gasteiger partial charge in [0.2, 0.25) is 0 Å². The summed E-state index contributed by atoms with van der Waals surface area (Å²) in [5.74, 6) is 3.14. The number of likely N-dealkylation sites (tertiary alicyclic amines) is 1. The van der Waals surface area contributed by atoms with Crippen LogP contribution in [-0.2, 0) is 12.2 Å². The molecule has 2 aliphatic rings. The van der Waals surface area contributed by atoms with Crippen molar-refractivity contribution < 1.29 is 4.79 Å². The molecule has 110 valence electrons. The summed E-state index contributed by atoms with van der Waals surface area (Å²) in [5.41, 5.74) is 7.25. The van der Waals surface area contributed by atoms with Gasteiger partial charge in [-0.3, -0.25) is 4.79 Å². The summed E-state index contributed by atoms with van der Waals surface area (Å²) in [7, 11) is 0. The van der Waals surface area contributed by atoms with Gasteiger partial charge in [0.05, 0.1) is 4.88 Å². The lowest BCUT2D eigenvalue weighted by molar-refractivity contribution is 0.0578. The monoisotopic (exact) mass is 310 g/mol. The van der Waals surface area contributed by atoms with Gasteiger partial charge in [0.25, 0.3) is 5.91 Å². The number of piperidine rings is 1. The van der Waals surface area contributed by atoms with Crippen LogP contribution in [0, 0.1) is 5.92 Å². The van der Waals surface area contributed by atoms with Gasteiger partial charge in [0.1, 0.15) is 0 Å². The highest BCUT2D eigenvalue weighted by molar-refractivity contribution is 7.98. The Morgan fingerprint density at radius 1 is 1.55 bits per heavy atom. The molecule has 0 saturated carbocycles. The van der Waals surface area contributed by atoms with Gasteiger partial charge in [-0.2, -0.15) is 11.8 Å². The number of nitrogens with zero attached hydrogens (tertiary/aromatic N) is 1. The number of aryl methyl sites for hydroxylation is 1. The van der Waals surface area contributed by atoms with E-state index in [0.29, 0.717) is 12.5 Å². The first-order chi connectivity index (χ1) is 9.69. The van der Waals surface area contributed by atoms with E-state index in [9.17, 15) is 4.79 Å². The Kier molecular flexibility index (Phi) is 4.38. The number of rotatable bonds is 2. The van der Waals surface area contributed by atoms with Crippen LogP contribution in [0.15, 0.2) is 6.07 Å². The molecular formula is C15H22N2OS2. The minimum absolute atomic E-state index is 0.205. The zero-order valence-corrected chi connectivity index (χ0v) is 13.6. The van der Waals surface area contributed by atoms with Crippen molar-refractivity contribution in [1.29, 1.82) is 0 Å². The Bertz CT molecular complexity index is 477. The summed E-state index contributed by atoms with van der Waals surface area (Å²) < 4.78 is 0. The van der Waals surface area contributed by atoms with E-state index in [0.717, 1.165) is 36.4 Å². The van der Waals surface area contributed by atoms with E-state index in [-0.39, 0.29) is 11.9 Å². The number of thiophene rings is 1. The van der Waals surface area contributed by atoms with Crippen LogP contribution in [0.3, 0.4) is 0 Å². The number of fused-ring (bicyclic) bond motifs is 1. The molecule has 1 amide bonds. The first-order valence-electron chi connectivity index (χ1n) is 7.39. The Labute approximate surface area is 128 Å². The minimum Gasteiger partial charge on any atom is -0.334 e. The molecule has 1 aromatic rings. The topological polar surface area (TPSA) is 46.3 Å². The standard InChI is InChI=1S/C15H22N2OS2/c1-10-2-4-17(12(6-10)8-16)15(18)14-7-11-9-19-5-3-13(11)20-14/h7,10,12H,2-6,8-9,16H2,1H3. The first-order valence-corrected chi connectivity index (χ1v) is 9.36. The molecule has 20 heavy (non-hydrogen) atoms. The molecule has 5 heteroatoms. The van der Waals surface area contributed by atoms with Gasteiger partial charge in [-0.25, -0.2) is 0 Å². The van der Waals surface area contributed by atoms with Crippen molar-refractivity contribution in [2.24, 2.45) is 11.7 Å². The molecule has 3 heterocycles. The van der Waals surface area contributed by atoms with Crippen molar-refractivity contribution >= 4 is 29.0 Å². The lowest BCUT2D eigenvalue weighted by Gasteiger charge is -2.37. The minimum atomic E-state index is 0.205. The van der Waals surface area contributed by atoms with Crippen molar-refractivity contribution in [3.8, 4) is 0 Å². The number of hydrogen-bond acceptors (Lipinski definition) is 4. The largest absolute Gasteiger partial charge is 0.334 e. The third kappa shape index (κ3) is 2.76. The predicted molar refractivity (Wildman–Crippen MR) is 86.5 cm³/mol. The Balaban J connectivity index is 1.79. The van der Waals surface area contributed by atoms with Crippen LogP contribution in [0.1, 0.15) is 39.9 Å². The highest BCUT2D eigenvalue weighted by atomic mass is 32.2. The second kappa shape index (κ2) is 6.08. The van der Waals surface area contributed by atoms with Gasteiger partial charge in [-0.15, -0.1) is 11.3 Å². The van der Waals surface area contributed by atoms with Gasteiger partial charge in [-0.1, -0.05) is 6.92 Å². The fourth-order valence-electron chi connectivity index (χ4n) is 3.14. The third-order valence-corrected chi connectivity index (χ3v) is 6.58. The first kappa shape index (κ1) is 14.4. The van der Waals surface area contributed by atoms with E-state index in [1.165, 1.54) is 16.2 Å². The van der Waals surface area contributed by atoms with Crippen molar-refractivity contribution in [2.45, 2.75) is 38.0 Å². The molecule has 3 rings (SSSR count). The molecule has 1 aromatic heterocycles. The van der Waals surface area contributed by atoms with E-state index >= 15 is 0 Å². The molecule has 0 spiro atoms. The maximum absolute atomic E-state index is 12.8. The lowest BCUT2D eigenvalue weighted by atomic mass is 9.92. The van der Waals surface area contributed by atoms with Gasteiger partial charge in [0, 0.05) is 29.8 Å². The zero-order chi connectivity index (χ0) is 14.1. The van der Waals surface area contributed by atoms with E-state index < -0.39 is 0 Å². The molecule has 2 unspecified atom stereocenters. The number of amides is 1. The normalized spacial score (nSPS) is 26.4. The zero-order valence-electron chi connectivity index (χ0n) is 11.9. The van der Waals surface area contributed by atoms with E-state index in [1.54, 1.807) is 11.3 Å². The SMILES string of the molecule is CC1CCN(C(=O)c2cc3c(s2)CCSC3)C(CN)C1. The smallest absolute Gasteiger partial charge is 0.264 e. The number of hydrogen-bond donors (Lipinski definition) is 1. The van der Waals surface area contributed by atoms with E-state index in [1.807, 2.05) is 16.7 Å². The molecule has 3 nitrogen and oxygen atoms in total. The van der Waals surface area contributed by atoms with Crippen LogP contribution in [0.5, 0.6) is 0 Å². The maximum atomic E-state index is 12.8. The molecule has 0 bridgehead atoms. The van der Waals surface area contributed by atoms with Crippen LogP contribution in [0.4, 0.5) is 0 Å². The van der Waals surface area contributed by atoms with Crippen molar-refractivity contribution in [3.05, 3.63) is 21.4 Å². The van der Waals surface area contributed by atoms with Crippen LogP contribution < -0.4 is 5.73 Å². The highest BCUT2D eigenvalue weighted by Gasteiger charge is 2.31. The fraction of sp³-hybridized carbons (Fsp3) is 0.667. The van der Waals surface area contributed by atoms with Crippen LogP contribution in [-0.4, -0.2) is 35.7 Å². The van der Waals surface area contributed by atoms with Crippen LogP contribution >= 0.6 is 23.1 Å². The molecule has 2 N–H and O–H groups in total. The second-order valence-electron chi connectivity index (χ2n) is 5.88. The summed E-state index contributed by atoms with van der Waals surface area (Å²) >= 11 is 3.67.